The van der Waals surface area contributed by atoms with Gasteiger partial charge in [-0.1, -0.05) is 48.0 Å². The van der Waals surface area contributed by atoms with Crippen LogP contribution < -0.4 is 10.6 Å². The summed E-state index contributed by atoms with van der Waals surface area (Å²) < 4.78 is 0. The Morgan fingerprint density at radius 2 is 1.52 bits per heavy atom. The van der Waals surface area contributed by atoms with Crippen molar-refractivity contribution in [2.45, 2.75) is 19.9 Å². The van der Waals surface area contributed by atoms with E-state index in [-0.39, 0.29) is 17.9 Å². The number of benzene rings is 2. The molecule has 0 saturated carbocycles. The standard InChI is InChI=1S/C22H21N3O2/c1-15-8-10-20(11-9-15)25-22(27)19-12-18(13-23-14-19)21(26)24-16(2)17-6-4-3-5-7-17/h3-14,16H,1-2H3,(H,24,26)(H,25,27). The molecule has 1 aromatic heterocycles. The summed E-state index contributed by atoms with van der Waals surface area (Å²) in [6.07, 6.45) is 2.90. The summed E-state index contributed by atoms with van der Waals surface area (Å²) in [5.74, 6) is -0.582. The van der Waals surface area contributed by atoms with Gasteiger partial charge in [-0.3, -0.25) is 14.6 Å². The monoisotopic (exact) mass is 359 g/mol. The van der Waals surface area contributed by atoms with Gasteiger partial charge in [-0.2, -0.15) is 0 Å². The largest absolute Gasteiger partial charge is 0.345 e. The fourth-order valence-corrected chi connectivity index (χ4v) is 2.63. The molecule has 27 heavy (non-hydrogen) atoms. The molecule has 0 aliphatic heterocycles. The molecule has 3 aromatic rings. The number of rotatable bonds is 5. The van der Waals surface area contributed by atoms with Crippen molar-refractivity contribution in [2.75, 3.05) is 5.32 Å². The minimum Gasteiger partial charge on any atom is -0.345 e. The number of pyridine rings is 1. The summed E-state index contributed by atoms with van der Waals surface area (Å²) in [5, 5.41) is 5.73. The summed E-state index contributed by atoms with van der Waals surface area (Å²) in [7, 11) is 0. The van der Waals surface area contributed by atoms with E-state index in [4.69, 9.17) is 0 Å². The Hall–Kier alpha value is -3.47. The van der Waals surface area contributed by atoms with Crippen LogP contribution in [0.25, 0.3) is 0 Å². The Balaban J connectivity index is 1.69. The number of hydrogen-bond acceptors (Lipinski definition) is 3. The Morgan fingerprint density at radius 1 is 0.889 bits per heavy atom. The van der Waals surface area contributed by atoms with Gasteiger partial charge in [-0.25, -0.2) is 0 Å². The van der Waals surface area contributed by atoms with Crippen LogP contribution in [0.15, 0.2) is 73.1 Å². The quantitative estimate of drug-likeness (QED) is 0.719. The number of hydrogen-bond donors (Lipinski definition) is 2. The van der Waals surface area contributed by atoms with Gasteiger partial charge in [0, 0.05) is 18.1 Å². The number of aromatic nitrogens is 1. The summed E-state index contributed by atoms with van der Waals surface area (Å²) in [4.78, 5) is 29.0. The zero-order valence-corrected chi connectivity index (χ0v) is 15.3. The van der Waals surface area contributed by atoms with Gasteiger partial charge in [0.1, 0.15) is 0 Å². The second-order valence-electron chi connectivity index (χ2n) is 6.39. The van der Waals surface area contributed by atoms with E-state index in [9.17, 15) is 9.59 Å². The van der Waals surface area contributed by atoms with Crippen LogP contribution in [0.2, 0.25) is 0 Å². The van der Waals surface area contributed by atoms with E-state index in [1.54, 1.807) is 6.07 Å². The first kappa shape index (κ1) is 18.3. The van der Waals surface area contributed by atoms with Gasteiger partial charge in [-0.15, -0.1) is 0 Å². The maximum absolute atomic E-state index is 12.5. The zero-order chi connectivity index (χ0) is 19.2. The second-order valence-corrected chi connectivity index (χ2v) is 6.39. The van der Waals surface area contributed by atoms with Crippen LogP contribution in [0.5, 0.6) is 0 Å². The molecule has 5 nitrogen and oxygen atoms in total. The molecule has 1 atom stereocenters. The first-order valence-electron chi connectivity index (χ1n) is 8.72. The van der Waals surface area contributed by atoms with Gasteiger partial charge < -0.3 is 10.6 Å². The van der Waals surface area contributed by atoms with E-state index in [1.165, 1.54) is 12.4 Å². The molecule has 2 amide bonds. The molecule has 0 saturated heterocycles. The second kappa shape index (κ2) is 8.27. The topological polar surface area (TPSA) is 71.1 Å². The Bertz CT molecular complexity index is 937. The maximum atomic E-state index is 12.5. The first-order chi connectivity index (χ1) is 13.0. The average molecular weight is 359 g/mol. The lowest BCUT2D eigenvalue weighted by Gasteiger charge is -2.14. The van der Waals surface area contributed by atoms with Crippen LogP contribution in [0, 0.1) is 6.92 Å². The van der Waals surface area contributed by atoms with Gasteiger partial charge in [0.15, 0.2) is 0 Å². The van der Waals surface area contributed by atoms with Crippen LogP contribution in [-0.2, 0) is 0 Å². The van der Waals surface area contributed by atoms with Crippen LogP contribution in [0.1, 0.15) is 44.8 Å². The van der Waals surface area contributed by atoms with Crippen LogP contribution in [-0.4, -0.2) is 16.8 Å². The molecule has 0 radical (unpaired) electrons. The van der Waals surface area contributed by atoms with E-state index in [1.807, 2.05) is 68.4 Å². The van der Waals surface area contributed by atoms with Gasteiger partial charge in [-0.05, 0) is 37.6 Å². The van der Waals surface area contributed by atoms with Crippen molar-refractivity contribution in [3.63, 3.8) is 0 Å². The van der Waals surface area contributed by atoms with Crippen molar-refractivity contribution in [3.8, 4) is 0 Å². The van der Waals surface area contributed by atoms with E-state index >= 15 is 0 Å². The fourth-order valence-electron chi connectivity index (χ4n) is 2.63. The molecular weight excluding hydrogens is 338 g/mol. The van der Waals surface area contributed by atoms with Crippen molar-refractivity contribution >= 4 is 17.5 Å². The lowest BCUT2D eigenvalue weighted by molar-refractivity contribution is 0.0939. The third-order valence-corrected chi connectivity index (χ3v) is 4.22. The summed E-state index contributed by atoms with van der Waals surface area (Å²) in [5.41, 5.74) is 3.48. The third kappa shape index (κ3) is 4.79. The Kier molecular flexibility index (Phi) is 5.61. The highest BCUT2D eigenvalue weighted by Crippen LogP contribution is 2.14. The van der Waals surface area contributed by atoms with E-state index in [0.717, 1.165) is 11.1 Å². The number of nitrogens with zero attached hydrogens (tertiary/aromatic N) is 1. The van der Waals surface area contributed by atoms with Crippen molar-refractivity contribution in [3.05, 3.63) is 95.3 Å². The number of nitrogens with one attached hydrogen (secondary N) is 2. The zero-order valence-electron chi connectivity index (χ0n) is 15.3. The summed E-state index contributed by atoms with van der Waals surface area (Å²) >= 11 is 0. The van der Waals surface area contributed by atoms with Crippen molar-refractivity contribution in [1.29, 1.82) is 0 Å². The number of aryl methyl sites for hydroxylation is 1. The first-order valence-corrected chi connectivity index (χ1v) is 8.72. The number of amides is 2. The minimum atomic E-state index is -0.308. The molecule has 3 rings (SSSR count). The van der Waals surface area contributed by atoms with Crippen LogP contribution >= 0.6 is 0 Å². The number of anilines is 1. The van der Waals surface area contributed by atoms with E-state index in [2.05, 4.69) is 15.6 Å². The van der Waals surface area contributed by atoms with Crippen molar-refractivity contribution in [2.24, 2.45) is 0 Å². The third-order valence-electron chi connectivity index (χ3n) is 4.22. The molecule has 5 heteroatoms. The average Bonchev–Trinajstić information content (AvgIpc) is 2.70. The summed E-state index contributed by atoms with van der Waals surface area (Å²) in [6, 6.07) is 18.6. The van der Waals surface area contributed by atoms with Crippen molar-refractivity contribution < 1.29 is 9.59 Å². The highest BCUT2D eigenvalue weighted by molar-refractivity contribution is 6.05. The molecule has 0 aliphatic rings. The van der Waals surface area contributed by atoms with Gasteiger partial charge >= 0.3 is 0 Å². The summed E-state index contributed by atoms with van der Waals surface area (Å²) in [6.45, 7) is 3.89. The molecule has 1 unspecified atom stereocenters. The van der Waals surface area contributed by atoms with E-state index in [0.29, 0.717) is 16.8 Å². The van der Waals surface area contributed by atoms with Gasteiger partial charge in [0.25, 0.3) is 11.8 Å². The fraction of sp³-hybridized carbons (Fsp3) is 0.136. The predicted octanol–water partition coefficient (Wildman–Crippen LogP) is 4.13. The molecule has 0 fully saturated rings. The molecule has 136 valence electrons. The SMILES string of the molecule is Cc1ccc(NC(=O)c2cncc(C(=O)NC(C)c3ccccc3)c2)cc1. The minimum absolute atomic E-state index is 0.149. The molecular formula is C22H21N3O2. The number of carbonyl (C=O) groups excluding carboxylic acids is 2. The molecule has 0 bridgehead atoms. The predicted molar refractivity (Wildman–Crippen MR) is 106 cm³/mol. The highest BCUT2D eigenvalue weighted by Gasteiger charge is 2.14. The molecule has 1 heterocycles. The number of carbonyl (C=O) groups is 2. The smallest absolute Gasteiger partial charge is 0.257 e. The van der Waals surface area contributed by atoms with E-state index < -0.39 is 0 Å². The van der Waals surface area contributed by atoms with Crippen LogP contribution in [0.4, 0.5) is 5.69 Å². The van der Waals surface area contributed by atoms with Gasteiger partial charge in [0.05, 0.1) is 17.2 Å². The lowest BCUT2D eigenvalue weighted by Crippen LogP contribution is -2.27. The van der Waals surface area contributed by atoms with Crippen molar-refractivity contribution in [1.82, 2.24) is 10.3 Å². The van der Waals surface area contributed by atoms with Gasteiger partial charge in [0.2, 0.25) is 0 Å². The van der Waals surface area contributed by atoms with Crippen LogP contribution in [0.3, 0.4) is 0 Å². The molecule has 2 N–H and O–H groups in total. The normalized spacial score (nSPS) is 11.5. The molecule has 2 aromatic carbocycles. The lowest BCUT2D eigenvalue weighted by atomic mass is 10.1. The molecule has 0 aliphatic carbocycles. The molecule has 0 spiro atoms. The Morgan fingerprint density at radius 3 is 2.19 bits per heavy atom. The Labute approximate surface area is 158 Å². The highest BCUT2D eigenvalue weighted by atomic mass is 16.2. The maximum Gasteiger partial charge on any atom is 0.257 e.